The molecule has 114 valence electrons. The monoisotopic (exact) mass is 753 g/mol. The number of alkyl halides is 11. The molecule has 0 aliphatic heterocycles. The topological polar surface area (TPSA) is 34.1 Å². The predicted octanol–water partition coefficient (Wildman–Crippen LogP) is 6.96. The van der Waals surface area contributed by atoms with Gasteiger partial charge in [-0.2, -0.15) is 0 Å². The van der Waals surface area contributed by atoms with Gasteiger partial charge in [0.1, 0.15) is 0 Å². The van der Waals surface area contributed by atoms with Crippen LogP contribution in [-0.2, 0) is 9.59 Å². The third-order valence-electron chi connectivity index (χ3n) is 0.993. The summed E-state index contributed by atoms with van der Waals surface area (Å²) in [6, 6.07) is 0. The highest BCUT2D eigenvalue weighted by molar-refractivity contribution is 9.42. The Labute approximate surface area is 185 Å². The molecule has 0 amide bonds. The summed E-state index contributed by atoms with van der Waals surface area (Å²) in [5.74, 6) is -1.02. The van der Waals surface area contributed by atoms with Gasteiger partial charge in [0.2, 0.25) is 11.6 Å². The summed E-state index contributed by atoms with van der Waals surface area (Å²) in [6.45, 7) is 0. The first-order valence-electron chi connectivity index (χ1n) is 3.58. The molecule has 0 aromatic heterocycles. The molecule has 0 aromatic rings. The lowest BCUT2D eigenvalue weighted by molar-refractivity contribution is -0.117. The summed E-state index contributed by atoms with van der Waals surface area (Å²) in [4.78, 5) is 20.4. The van der Waals surface area contributed by atoms with Crippen LogP contribution in [0, 0.1) is 0 Å². The fourth-order valence-corrected chi connectivity index (χ4v) is 5.45. The highest BCUT2D eigenvalue weighted by atomic mass is 80.0. The van der Waals surface area contributed by atoms with E-state index in [1.54, 1.807) is 0 Å². The molecule has 0 aliphatic rings. The summed E-state index contributed by atoms with van der Waals surface area (Å²) in [7, 11) is 0. The number of hydrogen-bond donors (Lipinski definition) is 0. The van der Waals surface area contributed by atoms with Crippen molar-refractivity contribution in [3.8, 4) is 0 Å². The summed E-state index contributed by atoms with van der Waals surface area (Å²) in [5.41, 5.74) is 0. The van der Waals surface area contributed by atoms with E-state index in [0.717, 1.165) is 0 Å². The van der Waals surface area contributed by atoms with Crippen LogP contribution in [-0.4, -0.2) is 24.5 Å². The average Bonchev–Trinajstić information content (AvgIpc) is 2.12. The summed E-state index contributed by atoms with van der Waals surface area (Å²) in [5, 5.41) is 0. The van der Waals surface area contributed by atoms with Gasteiger partial charge in [0.25, 0.3) is 3.79 Å². The summed E-state index contributed by atoms with van der Waals surface area (Å²) in [6.07, 6.45) is 0. The van der Waals surface area contributed by atoms with Gasteiger partial charge in [0, 0.05) is 0 Å². The second-order valence-corrected chi connectivity index (χ2v) is 19.4. The van der Waals surface area contributed by atoms with Gasteiger partial charge in [0.15, 0.2) is 9.12 Å². The first-order valence-corrected chi connectivity index (χ1v) is 10.3. The lowest BCUT2D eigenvalue weighted by Gasteiger charge is -2.17. The molecular weight excluding hydrogens is 761 g/mol. The number of rotatable bonds is 1. The van der Waals surface area contributed by atoms with E-state index in [9.17, 15) is 9.59 Å². The Morgan fingerprint density at radius 1 is 0.789 bits per heavy atom. The fourth-order valence-electron chi connectivity index (χ4n) is 0.284. The fraction of sp³-hybridized carbons (Fsp3) is 0.667. The van der Waals surface area contributed by atoms with Gasteiger partial charge in [-0.25, -0.2) is 0 Å². The Morgan fingerprint density at radius 2 is 1.05 bits per heavy atom. The van der Waals surface area contributed by atoms with E-state index >= 15 is 0 Å². The van der Waals surface area contributed by atoms with Crippen LogP contribution in [0.4, 0.5) is 0 Å². The Hall–Kier alpha value is 3.67. The Morgan fingerprint density at radius 3 is 1.05 bits per heavy atom. The minimum atomic E-state index is -2.01. The van der Waals surface area contributed by atoms with Crippen LogP contribution in [0.5, 0.6) is 0 Å². The maximum absolute atomic E-state index is 11.2. The van der Waals surface area contributed by atoms with Crippen molar-refractivity contribution in [1.29, 1.82) is 0 Å². The van der Waals surface area contributed by atoms with Crippen LogP contribution < -0.4 is 0 Å². The zero-order valence-corrected chi connectivity index (χ0v) is 21.3. The normalized spacial score (nSPS) is 12.8. The van der Waals surface area contributed by atoms with Crippen molar-refractivity contribution < 1.29 is 9.59 Å². The largest absolute Gasteiger partial charge is 0.293 e. The van der Waals surface area contributed by atoms with Gasteiger partial charge in [-0.15, -0.1) is 0 Å². The number of halogens is 11. The molecule has 0 fully saturated rings. The Balaban J connectivity index is 0. The minimum absolute atomic E-state index is 0.181. The quantitative estimate of drug-likeness (QED) is 0.271. The van der Waals surface area contributed by atoms with Crippen molar-refractivity contribution in [2.75, 3.05) is 0 Å². The molecule has 0 aromatic carbocycles. The van der Waals surface area contributed by atoms with E-state index in [1.165, 1.54) is 0 Å². The smallest absolute Gasteiger partial charge is 0.251 e. The van der Waals surface area contributed by atoms with Crippen LogP contribution in [0.15, 0.2) is 0 Å². The first-order chi connectivity index (χ1) is 8.01. The number of carbonyl (C=O) groups is 2. The van der Waals surface area contributed by atoms with E-state index in [0.29, 0.717) is 0 Å². The van der Waals surface area contributed by atoms with Crippen LogP contribution in [0.3, 0.4) is 0 Å². The molecule has 0 unspecified atom stereocenters. The second kappa shape index (κ2) is 9.84. The van der Waals surface area contributed by atoms with Crippen LogP contribution in [0.1, 0.15) is 0 Å². The molecule has 0 saturated heterocycles. The third-order valence-corrected chi connectivity index (χ3v) is 4.11. The zero-order valence-electron chi connectivity index (χ0n) is 8.05. The minimum Gasteiger partial charge on any atom is -0.293 e. The first kappa shape index (κ1) is 24.9. The summed E-state index contributed by atoms with van der Waals surface area (Å²) >= 11 is 43.9. The number of ketones is 2. The zero-order chi connectivity index (χ0) is 16.2. The molecule has 0 atom stereocenters. The maximum atomic E-state index is 11.2. The molecule has 0 saturated carbocycles. The number of Topliss-reactive ketones (excluding diaryl/α,β-unsaturated/α-hetero) is 2. The standard InChI is InChI=1S/C3Br6O.C3HCl5O/c4-2(5,6)1(10)3(7,8)9;4-2(5)1(9)3(6,7)8/h;2H. The molecule has 0 aliphatic carbocycles. The summed E-state index contributed by atoms with van der Waals surface area (Å²) < 4.78 is -3.80. The van der Waals surface area contributed by atoms with E-state index in [-0.39, 0.29) is 5.78 Å². The van der Waals surface area contributed by atoms with E-state index < -0.39 is 18.7 Å². The second-order valence-electron chi connectivity index (χ2n) is 2.49. The van der Waals surface area contributed by atoms with E-state index in [2.05, 4.69) is 95.6 Å². The lowest BCUT2D eigenvalue weighted by Crippen LogP contribution is -2.29. The molecule has 13 heteroatoms. The van der Waals surface area contributed by atoms with E-state index in [1.807, 2.05) is 0 Å². The van der Waals surface area contributed by atoms with Crippen molar-refractivity contribution >= 4 is 165 Å². The molecule has 0 N–H and O–H groups in total. The number of carbonyl (C=O) groups excluding carboxylic acids is 2. The highest BCUT2D eigenvalue weighted by Gasteiger charge is 2.41. The van der Waals surface area contributed by atoms with Crippen molar-refractivity contribution in [2.24, 2.45) is 0 Å². The van der Waals surface area contributed by atoms with Crippen LogP contribution in [0.25, 0.3) is 0 Å². The highest BCUT2D eigenvalue weighted by Crippen LogP contribution is 2.46. The van der Waals surface area contributed by atoms with E-state index in [4.69, 9.17) is 58.0 Å². The molecule has 0 radical (unpaired) electrons. The number of hydrogen-bond acceptors (Lipinski definition) is 2. The van der Waals surface area contributed by atoms with Crippen LogP contribution in [0.2, 0.25) is 0 Å². The van der Waals surface area contributed by atoms with Gasteiger partial charge in [0.05, 0.1) is 0 Å². The van der Waals surface area contributed by atoms with Crippen LogP contribution >= 0.6 is 154 Å². The molecular formula is C6HBr6Cl5O2. The molecule has 2 nitrogen and oxygen atoms in total. The van der Waals surface area contributed by atoms with Crippen molar-refractivity contribution in [3.05, 3.63) is 0 Å². The molecule has 0 heterocycles. The van der Waals surface area contributed by atoms with Crippen molar-refractivity contribution in [3.63, 3.8) is 0 Å². The lowest BCUT2D eigenvalue weighted by atomic mass is 10.5. The molecule has 0 spiro atoms. The van der Waals surface area contributed by atoms with Gasteiger partial charge in [-0.05, 0) is 0 Å². The molecule has 0 bridgehead atoms. The van der Waals surface area contributed by atoms with Gasteiger partial charge in [-0.1, -0.05) is 154 Å². The van der Waals surface area contributed by atoms with Crippen molar-refractivity contribution in [1.82, 2.24) is 0 Å². The molecule has 0 rings (SSSR count). The van der Waals surface area contributed by atoms with Crippen molar-refractivity contribution in [2.45, 2.75) is 12.9 Å². The predicted molar refractivity (Wildman–Crippen MR) is 105 cm³/mol. The average molecular weight is 762 g/mol. The van der Waals surface area contributed by atoms with Gasteiger partial charge in [-0.3, -0.25) is 9.59 Å². The van der Waals surface area contributed by atoms with Gasteiger partial charge < -0.3 is 0 Å². The maximum Gasteiger partial charge on any atom is 0.251 e. The van der Waals surface area contributed by atoms with Gasteiger partial charge >= 0.3 is 0 Å². The Kier molecular flexibility index (Phi) is 12.9. The molecule has 19 heavy (non-hydrogen) atoms. The third kappa shape index (κ3) is 12.7. The Bertz CT molecular complexity index is 314. The SMILES string of the molecule is O=C(C(Br)(Br)Br)C(Br)(Br)Br.O=C(C(Cl)Cl)C(Cl)(Cl)Cl.